The molecule has 0 atom stereocenters. The number of rotatable bonds is 28. The summed E-state index contributed by atoms with van der Waals surface area (Å²) in [6, 6.07) is 5.13. The first kappa shape index (κ1) is 39.0. The Morgan fingerprint density at radius 1 is 0.410 bits per heavy atom. The van der Waals surface area contributed by atoms with Crippen molar-refractivity contribution in [3.05, 3.63) is 34.4 Å². The van der Waals surface area contributed by atoms with Crippen molar-refractivity contribution in [2.75, 3.05) is 0 Å². The van der Waals surface area contributed by atoms with E-state index >= 15 is 0 Å². The lowest BCUT2D eigenvalue weighted by Gasteiger charge is -2.18. The van der Waals surface area contributed by atoms with Gasteiger partial charge >= 0.3 is 0 Å². The van der Waals surface area contributed by atoms with Gasteiger partial charge in [0, 0.05) is 5.33 Å². The highest BCUT2D eigenvalue weighted by atomic mass is 79.9. The van der Waals surface area contributed by atoms with Crippen molar-refractivity contribution in [2.45, 2.75) is 199 Å². The molecular weight excluding hydrogens is 560 g/mol. The molecule has 230 valence electrons. The molecule has 0 nitrogen and oxygen atoms in total. The molecule has 0 unspecified atom stereocenters. The highest BCUT2D eigenvalue weighted by Gasteiger charge is 2.11. The SMILES string of the molecule is CCCCCCCCCCc1cc(CBr)cc(CCCCCCCCCC)c1CCCCCCCCCC.Cl. The zero-order chi connectivity index (χ0) is 27.5. The van der Waals surface area contributed by atoms with Gasteiger partial charge < -0.3 is 0 Å². The van der Waals surface area contributed by atoms with Gasteiger partial charge in [-0.3, -0.25) is 0 Å². The number of aryl methyl sites for hydroxylation is 2. The first-order chi connectivity index (χ1) is 18.8. The van der Waals surface area contributed by atoms with Crippen molar-refractivity contribution in [1.82, 2.24) is 0 Å². The third-order valence-electron chi connectivity index (χ3n) is 8.53. The molecule has 2 heteroatoms. The van der Waals surface area contributed by atoms with Crippen LogP contribution in [0.2, 0.25) is 0 Å². The first-order valence-electron chi connectivity index (χ1n) is 17.5. The molecule has 0 heterocycles. The van der Waals surface area contributed by atoms with Crippen LogP contribution in [0.15, 0.2) is 12.1 Å². The summed E-state index contributed by atoms with van der Waals surface area (Å²) in [6.07, 6.45) is 37.9. The van der Waals surface area contributed by atoms with Crippen LogP contribution in [0.3, 0.4) is 0 Å². The maximum absolute atomic E-state index is 3.80. The van der Waals surface area contributed by atoms with Gasteiger partial charge in [-0.15, -0.1) is 12.4 Å². The van der Waals surface area contributed by atoms with Crippen molar-refractivity contribution in [3.8, 4) is 0 Å². The van der Waals surface area contributed by atoms with E-state index in [9.17, 15) is 0 Å². The second-order valence-corrected chi connectivity index (χ2v) is 12.8. The van der Waals surface area contributed by atoms with Gasteiger partial charge in [-0.25, -0.2) is 0 Å². The van der Waals surface area contributed by atoms with Gasteiger partial charge in [0.2, 0.25) is 0 Å². The molecule has 0 N–H and O–H groups in total. The molecule has 0 aliphatic rings. The van der Waals surface area contributed by atoms with E-state index in [-0.39, 0.29) is 12.4 Å². The molecule has 0 bridgehead atoms. The Bertz CT molecular complexity index is 599. The zero-order valence-electron chi connectivity index (χ0n) is 26.7. The fourth-order valence-corrected chi connectivity index (χ4v) is 6.37. The van der Waals surface area contributed by atoms with Crippen LogP contribution in [0.1, 0.15) is 197 Å². The number of alkyl halides is 1. The van der Waals surface area contributed by atoms with E-state index in [1.54, 1.807) is 16.7 Å². The Kier molecular flexibility index (Phi) is 29.5. The lowest BCUT2D eigenvalue weighted by molar-refractivity contribution is 0.567. The van der Waals surface area contributed by atoms with E-state index in [2.05, 4.69) is 48.8 Å². The molecule has 0 aliphatic carbocycles. The summed E-state index contributed by atoms with van der Waals surface area (Å²) in [4.78, 5) is 0. The molecule has 1 rings (SSSR count). The summed E-state index contributed by atoms with van der Waals surface area (Å²) in [7, 11) is 0. The molecule has 1 aromatic carbocycles. The topological polar surface area (TPSA) is 0 Å². The summed E-state index contributed by atoms with van der Waals surface area (Å²) < 4.78 is 0. The Morgan fingerprint density at radius 3 is 1.00 bits per heavy atom. The van der Waals surface area contributed by atoms with Crippen molar-refractivity contribution in [3.63, 3.8) is 0 Å². The van der Waals surface area contributed by atoms with Crippen LogP contribution in [-0.2, 0) is 24.6 Å². The molecule has 0 aliphatic heterocycles. The van der Waals surface area contributed by atoms with E-state index in [0.29, 0.717) is 0 Å². The monoisotopic (exact) mass is 626 g/mol. The van der Waals surface area contributed by atoms with Gasteiger partial charge in [-0.05, 0) is 60.8 Å². The van der Waals surface area contributed by atoms with E-state index in [1.165, 1.54) is 179 Å². The predicted molar refractivity (Wildman–Crippen MR) is 185 cm³/mol. The Hall–Kier alpha value is -0.0100. The highest BCUT2D eigenvalue weighted by Crippen LogP contribution is 2.26. The maximum Gasteiger partial charge on any atom is 0.0283 e. The molecule has 0 spiro atoms. The van der Waals surface area contributed by atoms with E-state index in [4.69, 9.17) is 0 Å². The molecule has 0 saturated carbocycles. The van der Waals surface area contributed by atoms with Crippen LogP contribution < -0.4 is 0 Å². The number of benzene rings is 1. The summed E-state index contributed by atoms with van der Waals surface area (Å²) in [5.74, 6) is 0. The maximum atomic E-state index is 3.80. The minimum Gasteiger partial charge on any atom is -0.147 e. The van der Waals surface area contributed by atoms with Gasteiger partial charge in [-0.2, -0.15) is 0 Å². The molecule has 0 saturated heterocycles. The van der Waals surface area contributed by atoms with Crippen molar-refractivity contribution < 1.29 is 0 Å². The number of unbranched alkanes of at least 4 members (excludes halogenated alkanes) is 21. The second-order valence-electron chi connectivity index (χ2n) is 12.2. The average molecular weight is 628 g/mol. The third kappa shape index (κ3) is 21.4. The molecule has 39 heavy (non-hydrogen) atoms. The van der Waals surface area contributed by atoms with Gasteiger partial charge in [0.25, 0.3) is 0 Å². The largest absolute Gasteiger partial charge is 0.147 e. The van der Waals surface area contributed by atoms with Crippen molar-refractivity contribution in [1.29, 1.82) is 0 Å². The molecule has 0 amide bonds. The average Bonchev–Trinajstić information content (AvgIpc) is 2.93. The summed E-state index contributed by atoms with van der Waals surface area (Å²) >= 11 is 3.80. The molecular formula is C37H68BrCl. The van der Waals surface area contributed by atoms with Crippen LogP contribution in [0.25, 0.3) is 0 Å². The van der Waals surface area contributed by atoms with E-state index in [1.807, 2.05) is 0 Å². The fraction of sp³-hybridized carbons (Fsp3) is 0.838. The lowest BCUT2D eigenvalue weighted by atomic mass is 9.88. The second kappa shape index (κ2) is 29.5. The normalized spacial score (nSPS) is 11.2. The molecule has 0 fully saturated rings. The lowest BCUT2D eigenvalue weighted by Crippen LogP contribution is -2.04. The van der Waals surface area contributed by atoms with E-state index in [0.717, 1.165) is 5.33 Å². The summed E-state index contributed by atoms with van der Waals surface area (Å²) in [5.41, 5.74) is 6.66. The van der Waals surface area contributed by atoms with Gasteiger partial charge in [-0.1, -0.05) is 184 Å². The molecule has 0 aromatic heterocycles. The minimum atomic E-state index is 0. The Labute approximate surface area is 261 Å². The van der Waals surface area contributed by atoms with Crippen LogP contribution >= 0.6 is 28.3 Å². The standard InChI is InChI=1S/C37H67Br.ClH/c1-4-7-10-13-16-19-22-25-28-35-31-34(33-38)32-36(29-26-23-20-17-14-11-8-5-2)37(35)30-27-24-21-18-15-12-9-6-3;/h31-32H,4-30,33H2,1-3H3;1H. The first-order valence-corrected chi connectivity index (χ1v) is 18.6. The van der Waals surface area contributed by atoms with E-state index < -0.39 is 0 Å². The molecule has 0 radical (unpaired) electrons. The van der Waals surface area contributed by atoms with Gasteiger partial charge in [0.15, 0.2) is 0 Å². The highest BCUT2D eigenvalue weighted by molar-refractivity contribution is 9.08. The van der Waals surface area contributed by atoms with Gasteiger partial charge in [0.1, 0.15) is 0 Å². The predicted octanol–water partition coefficient (Wildman–Crippen LogP) is 14.1. The smallest absolute Gasteiger partial charge is 0.0283 e. The Morgan fingerprint density at radius 2 is 0.692 bits per heavy atom. The van der Waals surface area contributed by atoms with Crippen LogP contribution in [0.5, 0.6) is 0 Å². The molecule has 1 aromatic rings. The summed E-state index contributed by atoms with van der Waals surface area (Å²) in [5, 5.41) is 1.000. The van der Waals surface area contributed by atoms with Crippen molar-refractivity contribution >= 4 is 28.3 Å². The minimum absolute atomic E-state index is 0. The van der Waals surface area contributed by atoms with Crippen molar-refractivity contribution in [2.24, 2.45) is 0 Å². The zero-order valence-corrected chi connectivity index (χ0v) is 29.1. The van der Waals surface area contributed by atoms with Gasteiger partial charge in [0.05, 0.1) is 0 Å². The fourth-order valence-electron chi connectivity index (χ4n) is 6.05. The van der Waals surface area contributed by atoms with Crippen LogP contribution in [0.4, 0.5) is 0 Å². The Balaban J connectivity index is 0.0000144. The quantitative estimate of drug-likeness (QED) is 0.0640. The van der Waals surface area contributed by atoms with Crippen LogP contribution in [-0.4, -0.2) is 0 Å². The third-order valence-corrected chi connectivity index (χ3v) is 9.18. The summed E-state index contributed by atoms with van der Waals surface area (Å²) in [6.45, 7) is 6.95. The number of halogens is 2. The number of hydrogen-bond donors (Lipinski definition) is 0. The number of hydrogen-bond acceptors (Lipinski definition) is 0. The van der Waals surface area contributed by atoms with Crippen LogP contribution in [0, 0.1) is 0 Å².